The molecule has 7 heteroatoms. The average molecular weight is 306 g/mol. The zero-order valence-electron chi connectivity index (χ0n) is 11.7. The maximum atomic E-state index is 11.0. The molecule has 1 unspecified atom stereocenters. The molecule has 0 radical (unpaired) electrons. The number of carbonyl (C=O) groups excluding carboxylic acids is 1. The average Bonchev–Trinajstić information content (AvgIpc) is 3.07. The van der Waals surface area contributed by atoms with E-state index in [2.05, 4.69) is 20.3 Å². The predicted octanol–water partition coefficient (Wildman–Crippen LogP) is 2.34. The fourth-order valence-electron chi connectivity index (χ4n) is 2.51. The summed E-state index contributed by atoms with van der Waals surface area (Å²) in [6.07, 6.45) is 4.55. The lowest BCUT2D eigenvalue weighted by molar-refractivity contribution is -0.114. The van der Waals surface area contributed by atoms with Crippen molar-refractivity contribution < 1.29 is 4.79 Å². The van der Waals surface area contributed by atoms with Crippen LogP contribution in [0.1, 0.15) is 19.4 Å². The second-order valence-electron chi connectivity index (χ2n) is 5.09. The molecule has 1 atom stereocenters. The van der Waals surface area contributed by atoms with E-state index in [1.807, 2.05) is 29.1 Å². The number of nitrogens with one attached hydrogen (secondary N) is 1. The van der Waals surface area contributed by atoms with E-state index in [1.54, 1.807) is 6.20 Å². The van der Waals surface area contributed by atoms with Gasteiger partial charge >= 0.3 is 0 Å². The number of hydrogen-bond donors (Lipinski definition) is 1. The molecule has 21 heavy (non-hydrogen) atoms. The Morgan fingerprint density at radius 1 is 1.43 bits per heavy atom. The van der Waals surface area contributed by atoms with Crippen LogP contribution in [-0.2, 0) is 4.79 Å². The summed E-state index contributed by atoms with van der Waals surface area (Å²) in [5, 5.41) is 7.72. The van der Waals surface area contributed by atoms with Crippen molar-refractivity contribution in [1.29, 1.82) is 0 Å². The van der Waals surface area contributed by atoms with Gasteiger partial charge in [-0.25, -0.2) is 4.98 Å². The topological polar surface area (TPSA) is 63.1 Å². The van der Waals surface area contributed by atoms with Crippen molar-refractivity contribution >= 4 is 29.1 Å². The normalized spacial score (nSPS) is 18.0. The fraction of sp³-hybridized carbons (Fsp3) is 0.357. The molecule has 1 aliphatic rings. The van der Waals surface area contributed by atoms with Gasteiger partial charge in [0, 0.05) is 38.5 Å². The molecule has 1 N–H and O–H groups in total. The number of anilines is 2. The molecule has 2 aromatic heterocycles. The predicted molar refractivity (Wildman–Crippen MR) is 81.6 cm³/mol. The SMILES string of the molecule is CC(=O)Nc1ccn(C2CCN(c3ccc(Cl)cn3)C2)n1. The van der Waals surface area contributed by atoms with Crippen molar-refractivity contribution in [1.82, 2.24) is 14.8 Å². The van der Waals surface area contributed by atoms with Gasteiger partial charge in [-0.1, -0.05) is 11.6 Å². The van der Waals surface area contributed by atoms with Gasteiger partial charge in [0.1, 0.15) is 5.82 Å². The van der Waals surface area contributed by atoms with Crippen LogP contribution in [0.25, 0.3) is 0 Å². The summed E-state index contributed by atoms with van der Waals surface area (Å²) in [6, 6.07) is 5.87. The Bertz CT molecular complexity index is 639. The molecule has 1 aliphatic heterocycles. The first-order valence-electron chi connectivity index (χ1n) is 6.81. The van der Waals surface area contributed by atoms with Crippen molar-refractivity contribution in [2.75, 3.05) is 23.3 Å². The zero-order chi connectivity index (χ0) is 14.8. The minimum absolute atomic E-state index is 0.112. The second kappa shape index (κ2) is 5.73. The van der Waals surface area contributed by atoms with Crippen LogP contribution in [0, 0.1) is 0 Å². The molecule has 0 aliphatic carbocycles. The molecule has 0 aromatic carbocycles. The summed E-state index contributed by atoms with van der Waals surface area (Å²) < 4.78 is 1.90. The quantitative estimate of drug-likeness (QED) is 0.945. The van der Waals surface area contributed by atoms with Crippen molar-refractivity contribution in [2.45, 2.75) is 19.4 Å². The first-order chi connectivity index (χ1) is 10.1. The largest absolute Gasteiger partial charge is 0.354 e. The smallest absolute Gasteiger partial charge is 0.222 e. The highest BCUT2D eigenvalue weighted by Crippen LogP contribution is 2.26. The molecular formula is C14H16ClN5O. The molecule has 110 valence electrons. The highest BCUT2D eigenvalue weighted by Gasteiger charge is 2.25. The summed E-state index contributed by atoms with van der Waals surface area (Å²) in [5.74, 6) is 1.40. The summed E-state index contributed by atoms with van der Waals surface area (Å²) in [5.41, 5.74) is 0. The van der Waals surface area contributed by atoms with Crippen molar-refractivity contribution in [3.63, 3.8) is 0 Å². The van der Waals surface area contributed by atoms with E-state index in [0.29, 0.717) is 10.8 Å². The van der Waals surface area contributed by atoms with Crippen molar-refractivity contribution in [2.24, 2.45) is 0 Å². The lowest BCUT2D eigenvalue weighted by Crippen LogP contribution is -2.22. The number of rotatable bonds is 3. The first-order valence-corrected chi connectivity index (χ1v) is 7.19. The first kappa shape index (κ1) is 13.9. The number of hydrogen-bond acceptors (Lipinski definition) is 4. The lowest BCUT2D eigenvalue weighted by Gasteiger charge is -2.17. The molecule has 1 fully saturated rings. The maximum Gasteiger partial charge on any atom is 0.222 e. The third-order valence-electron chi connectivity index (χ3n) is 3.49. The van der Waals surface area contributed by atoms with Gasteiger partial charge in [-0.2, -0.15) is 5.10 Å². The van der Waals surface area contributed by atoms with Gasteiger partial charge in [-0.15, -0.1) is 0 Å². The highest BCUT2D eigenvalue weighted by molar-refractivity contribution is 6.30. The van der Waals surface area contributed by atoms with Gasteiger partial charge in [-0.3, -0.25) is 9.48 Å². The fourth-order valence-corrected chi connectivity index (χ4v) is 2.62. The Morgan fingerprint density at radius 3 is 3.00 bits per heavy atom. The molecule has 6 nitrogen and oxygen atoms in total. The number of pyridine rings is 1. The van der Waals surface area contributed by atoms with Crippen molar-refractivity contribution in [3.05, 3.63) is 35.6 Å². The van der Waals surface area contributed by atoms with Crippen LogP contribution in [0.5, 0.6) is 0 Å². The Kier molecular flexibility index (Phi) is 3.79. The molecule has 2 aromatic rings. The number of nitrogens with zero attached hydrogens (tertiary/aromatic N) is 4. The van der Waals surface area contributed by atoms with Gasteiger partial charge in [0.25, 0.3) is 0 Å². The van der Waals surface area contributed by atoms with E-state index in [9.17, 15) is 4.79 Å². The molecule has 1 amide bonds. The third-order valence-corrected chi connectivity index (χ3v) is 3.71. The number of halogens is 1. The van der Waals surface area contributed by atoms with Crippen LogP contribution < -0.4 is 10.2 Å². The Hall–Kier alpha value is -2.08. The van der Waals surface area contributed by atoms with E-state index in [0.717, 1.165) is 25.3 Å². The standard InChI is InChI=1S/C14H16ClN5O/c1-10(21)17-13-5-7-20(18-13)12-4-6-19(9-12)14-3-2-11(15)8-16-14/h2-3,5,7-8,12H,4,6,9H2,1H3,(H,17,18,21). The van der Waals surface area contributed by atoms with Gasteiger partial charge in [0.15, 0.2) is 5.82 Å². The number of aromatic nitrogens is 3. The van der Waals surface area contributed by atoms with E-state index in [1.165, 1.54) is 6.92 Å². The molecule has 0 saturated carbocycles. The van der Waals surface area contributed by atoms with Gasteiger partial charge in [0.05, 0.1) is 11.1 Å². The lowest BCUT2D eigenvalue weighted by atomic mass is 10.3. The van der Waals surface area contributed by atoms with E-state index in [4.69, 9.17) is 11.6 Å². The Balaban J connectivity index is 1.67. The number of amides is 1. The zero-order valence-corrected chi connectivity index (χ0v) is 12.4. The molecule has 1 saturated heterocycles. The summed E-state index contributed by atoms with van der Waals surface area (Å²) in [7, 11) is 0. The monoisotopic (exact) mass is 305 g/mol. The third kappa shape index (κ3) is 3.16. The van der Waals surface area contributed by atoms with E-state index in [-0.39, 0.29) is 11.9 Å². The van der Waals surface area contributed by atoms with Gasteiger partial charge < -0.3 is 10.2 Å². The minimum Gasteiger partial charge on any atom is -0.354 e. The summed E-state index contributed by atoms with van der Waals surface area (Å²) in [4.78, 5) is 17.6. The minimum atomic E-state index is -0.112. The molecular weight excluding hydrogens is 290 g/mol. The number of carbonyl (C=O) groups is 1. The molecule has 3 rings (SSSR count). The summed E-state index contributed by atoms with van der Waals surface area (Å²) in [6.45, 7) is 3.24. The van der Waals surface area contributed by atoms with Crippen LogP contribution in [0.2, 0.25) is 5.02 Å². The highest BCUT2D eigenvalue weighted by atomic mass is 35.5. The van der Waals surface area contributed by atoms with Gasteiger partial charge in [-0.05, 0) is 18.6 Å². The van der Waals surface area contributed by atoms with Crippen LogP contribution in [0.15, 0.2) is 30.6 Å². The summed E-state index contributed by atoms with van der Waals surface area (Å²) >= 11 is 5.86. The Morgan fingerprint density at radius 2 is 2.29 bits per heavy atom. The van der Waals surface area contributed by atoms with Crippen molar-refractivity contribution in [3.8, 4) is 0 Å². The van der Waals surface area contributed by atoms with Crippen LogP contribution in [0.3, 0.4) is 0 Å². The molecule has 0 spiro atoms. The van der Waals surface area contributed by atoms with E-state index < -0.39 is 0 Å². The Labute approximate surface area is 127 Å². The van der Waals surface area contributed by atoms with Crippen LogP contribution in [-0.4, -0.2) is 33.8 Å². The van der Waals surface area contributed by atoms with Gasteiger partial charge in [0.2, 0.25) is 5.91 Å². The molecule has 0 bridgehead atoms. The maximum absolute atomic E-state index is 11.0. The second-order valence-corrected chi connectivity index (χ2v) is 5.52. The van der Waals surface area contributed by atoms with Crippen LogP contribution >= 0.6 is 11.6 Å². The van der Waals surface area contributed by atoms with Crippen LogP contribution in [0.4, 0.5) is 11.6 Å². The molecule has 3 heterocycles. The van der Waals surface area contributed by atoms with E-state index >= 15 is 0 Å².